The Morgan fingerprint density at radius 1 is 1.50 bits per heavy atom. The molecule has 0 spiro atoms. The maximum Gasteiger partial charge on any atom is 0.0718 e. The van der Waals surface area contributed by atoms with Crippen molar-refractivity contribution in [2.45, 2.75) is 18.3 Å². The standard InChI is InChI=1S/C6H14OS3/c1-5(9)3-10-4-6(7)2-8/h5-9H,2-4H2,1H3. The van der Waals surface area contributed by atoms with E-state index in [0.717, 1.165) is 11.5 Å². The van der Waals surface area contributed by atoms with Crippen LogP contribution in [0.5, 0.6) is 0 Å². The van der Waals surface area contributed by atoms with Gasteiger partial charge in [-0.3, -0.25) is 0 Å². The molecule has 2 atom stereocenters. The summed E-state index contributed by atoms with van der Waals surface area (Å²) in [7, 11) is 0. The molecule has 0 aromatic heterocycles. The predicted octanol–water partition coefficient (Wildman–Crippen LogP) is 1.33. The summed E-state index contributed by atoms with van der Waals surface area (Å²) < 4.78 is 0. The predicted molar refractivity (Wildman–Crippen MR) is 55.6 cm³/mol. The molecule has 0 aliphatic rings. The lowest BCUT2D eigenvalue weighted by Gasteiger charge is -2.07. The Hall–Kier alpha value is 1.01. The zero-order valence-corrected chi connectivity index (χ0v) is 8.63. The van der Waals surface area contributed by atoms with E-state index in [2.05, 4.69) is 25.3 Å². The van der Waals surface area contributed by atoms with Crippen molar-refractivity contribution in [3.63, 3.8) is 0 Å². The number of thioether (sulfide) groups is 1. The van der Waals surface area contributed by atoms with Gasteiger partial charge in [-0.05, 0) is 0 Å². The highest BCUT2D eigenvalue weighted by atomic mass is 32.2. The van der Waals surface area contributed by atoms with Crippen molar-refractivity contribution in [1.82, 2.24) is 0 Å². The largest absolute Gasteiger partial charge is 0.391 e. The molecule has 0 radical (unpaired) electrons. The Morgan fingerprint density at radius 3 is 2.50 bits per heavy atom. The zero-order valence-electron chi connectivity index (χ0n) is 6.03. The van der Waals surface area contributed by atoms with E-state index in [1.807, 2.05) is 6.92 Å². The van der Waals surface area contributed by atoms with E-state index in [1.165, 1.54) is 0 Å². The third kappa shape index (κ3) is 7.12. The summed E-state index contributed by atoms with van der Waals surface area (Å²) in [6.45, 7) is 2.04. The summed E-state index contributed by atoms with van der Waals surface area (Å²) in [5.41, 5.74) is 0. The van der Waals surface area contributed by atoms with E-state index in [1.54, 1.807) is 11.8 Å². The van der Waals surface area contributed by atoms with Gasteiger partial charge in [0.15, 0.2) is 0 Å². The smallest absolute Gasteiger partial charge is 0.0718 e. The lowest BCUT2D eigenvalue weighted by atomic mass is 10.5. The first-order chi connectivity index (χ1) is 4.66. The molecule has 0 aliphatic carbocycles. The summed E-state index contributed by atoms with van der Waals surface area (Å²) in [6, 6.07) is 0. The van der Waals surface area contributed by atoms with E-state index >= 15 is 0 Å². The third-order valence-electron chi connectivity index (χ3n) is 0.880. The van der Waals surface area contributed by atoms with Gasteiger partial charge in [0.1, 0.15) is 0 Å². The number of thiol groups is 2. The fourth-order valence-electron chi connectivity index (χ4n) is 0.427. The van der Waals surface area contributed by atoms with Crippen LogP contribution in [-0.2, 0) is 0 Å². The summed E-state index contributed by atoms with van der Waals surface area (Å²) in [6.07, 6.45) is -0.264. The number of aliphatic hydroxyl groups is 1. The first kappa shape index (κ1) is 11.0. The monoisotopic (exact) mass is 198 g/mol. The lowest BCUT2D eigenvalue weighted by molar-refractivity contribution is 0.225. The molecule has 0 saturated carbocycles. The molecule has 0 rings (SSSR count). The molecule has 0 fully saturated rings. The van der Waals surface area contributed by atoms with Gasteiger partial charge in [-0.15, -0.1) is 0 Å². The zero-order chi connectivity index (χ0) is 7.98. The minimum absolute atomic E-state index is 0.264. The highest BCUT2D eigenvalue weighted by molar-refractivity contribution is 8.00. The highest BCUT2D eigenvalue weighted by Crippen LogP contribution is 2.08. The van der Waals surface area contributed by atoms with Crippen LogP contribution in [-0.4, -0.2) is 33.7 Å². The SMILES string of the molecule is CC(S)CSCC(O)CS. The number of hydrogen-bond donors (Lipinski definition) is 3. The van der Waals surface area contributed by atoms with Crippen LogP contribution in [0.15, 0.2) is 0 Å². The molecule has 2 unspecified atom stereocenters. The fraction of sp³-hybridized carbons (Fsp3) is 1.00. The van der Waals surface area contributed by atoms with Crippen LogP contribution in [0.25, 0.3) is 0 Å². The maximum atomic E-state index is 9.05. The molecule has 10 heavy (non-hydrogen) atoms. The average molecular weight is 198 g/mol. The fourth-order valence-corrected chi connectivity index (χ4v) is 1.91. The van der Waals surface area contributed by atoms with E-state index < -0.39 is 0 Å². The van der Waals surface area contributed by atoms with Crippen molar-refractivity contribution in [3.05, 3.63) is 0 Å². The van der Waals surface area contributed by atoms with Gasteiger partial charge in [0.05, 0.1) is 6.10 Å². The van der Waals surface area contributed by atoms with Crippen LogP contribution in [0.4, 0.5) is 0 Å². The average Bonchev–Trinajstić information content (AvgIpc) is 1.87. The first-order valence-electron chi connectivity index (χ1n) is 3.21. The molecular weight excluding hydrogens is 184 g/mol. The number of hydrogen-bond acceptors (Lipinski definition) is 4. The Labute approximate surface area is 77.8 Å². The third-order valence-corrected chi connectivity index (χ3v) is 3.09. The number of rotatable bonds is 5. The van der Waals surface area contributed by atoms with Gasteiger partial charge >= 0.3 is 0 Å². The van der Waals surface area contributed by atoms with E-state index in [4.69, 9.17) is 5.11 Å². The quantitative estimate of drug-likeness (QED) is 0.580. The molecular formula is C6H14OS3. The van der Waals surface area contributed by atoms with Crippen molar-refractivity contribution >= 4 is 37.0 Å². The topological polar surface area (TPSA) is 20.2 Å². The molecule has 1 nitrogen and oxygen atoms in total. The molecule has 62 valence electrons. The second-order valence-electron chi connectivity index (χ2n) is 2.22. The molecule has 0 saturated heterocycles. The summed E-state index contributed by atoms with van der Waals surface area (Å²) >= 11 is 9.88. The van der Waals surface area contributed by atoms with Gasteiger partial charge in [0.25, 0.3) is 0 Å². The second kappa shape index (κ2) is 6.70. The Balaban J connectivity index is 3.03. The van der Waals surface area contributed by atoms with Gasteiger partial charge in [0, 0.05) is 22.5 Å². The van der Waals surface area contributed by atoms with E-state index in [9.17, 15) is 0 Å². The van der Waals surface area contributed by atoms with Crippen LogP contribution < -0.4 is 0 Å². The molecule has 1 N–H and O–H groups in total. The molecule has 0 heterocycles. The molecule has 0 amide bonds. The van der Waals surface area contributed by atoms with Crippen LogP contribution in [0.1, 0.15) is 6.92 Å². The first-order valence-corrected chi connectivity index (χ1v) is 5.52. The van der Waals surface area contributed by atoms with Gasteiger partial charge in [-0.1, -0.05) is 6.92 Å². The molecule has 0 aliphatic heterocycles. The van der Waals surface area contributed by atoms with Crippen molar-refractivity contribution in [1.29, 1.82) is 0 Å². The van der Waals surface area contributed by atoms with Gasteiger partial charge in [-0.25, -0.2) is 0 Å². The second-order valence-corrected chi connectivity index (χ2v) is 4.54. The van der Waals surface area contributed by atoms with Crippen molar-refractivity contribution in [2.75, 3.05) is 17.3 Å². The minimum atomic E-state index is -0.264. The van der Waals surface area contributed by atoms with Crippen LogP contribution in [0.2, 0.25) is 0 Å². The van der Waals surface area contributed by atoms with E-state index in [0.29, 0.717) is 11.0 Å². The molecule has 0 aromatic carbocycles. The normalized spacial score (nSPS) is 16.8. The van der Waals surface area contributed by atoms with Crippen LogP contribution in [0.3, 0.4) is 0 Å². The van der Waals surface area contributed by atoms with Crippen LogP contribution >= 0.6 is 37.0 Å². The molecule has 0 bridgehead atoms. The van der Waals surface area contributed by atoms with Crippen molar-refractivity contribution in [2.24, 2.45) is 0 Å². The van der Waals surface area contributed by atoms with Crippen molar-refractivity contribution in [3.8, 4) is 0 Å². The molecule has 0 aromatic rings. The Bertz CT molecular complexity index is 77.4. The van der Waals surface area contributed by atoms with E-state index in [-0.39, 0.29) is 6.10 Å². The lowest BCUT2D eigenvalue weighted by Crippen LogP contribution is -2.12. The minimum Gasteiger partial charge on any atom is -0.391 e. The van der Waals surface area contributed by atoms with Crippen molar-refractivity contribution < 1.29 is 5.11 Å². The highest BCUT2D eigenvalue weighted by Gasteiger charge is 2.01. The Kier molecular flexibility index (Phi) is 7.38. The van der Waals surface area contributed by atoms with Gasteiger partial charge < -0.3 is 5.11 Å². The van der Waals surface area contributed by atoms with Gasteiger partial charge in [0.2, 0.25) is 0 Å². The number of aliphatic hydroxyl groups excluding tert-OH is 1. The maximum absolute atomic E-state index is 9.05. The summed E-state index contributed by atoms with van der Waals surface area (Å²) in [5, 5.41) is 9.46. The summed E-state index contributed by atoms with van der Waals surface area (Å²) in [4.78, 5) is 0. The Morgan fingerprint density at radius 2 is 2.10 bits per heavy atom. The molecule has 4 heteroatoms. The van der Waals surface area contributed by atoms with Gasteiger partial charge in [-0.2, -0.15) is 37.0 Å². The summed E-state index contributed by atoms with van der Waals surface area (Å²) in [5.74, 6) is 2.32. The van der Waals surface area contributed by atoms with Crippen LogP contribution in [0, 0.1) is 0 Å².